The molecular weight excluding hydrogens is 512 g/mol. The van der Waals surface area contributed by atoms with Crippen molar-refractivity contribution in [1.29, 1.82) is 0 Å². The second-order valence-corrected chi connectivity index (χ2v) is 9.59. The number of anilines is 3. The van der Waals surface area contributed by atoms with Crippen LogP contribution in [0.5, 0.6) is 5.75 Å². The molecule has 1 aromatic heterocycles. The fourth-order valence-electron chi connectivity index (χ4n) is 4.78. The second-order valence-electron chi connectivity index (χ2n) is 9.59. The Kier molecular flexibility index (Phi) is 8.53. The van der Waals surface area contributed by atoms with Crippen LogP contribution in [0.15, 0.2) is 66.7 Å². The molecule has 3 aromatic rings. The number of amides is 3. The molecule has 4 N–H and O–H groups in total. The average molecular weight is 545 g/mol. The molecule has 0 spiro atoms. The van der Waals surface area contributed by atoms with Gasteiger partial charge in [-0.05, 0) is 67.9 Å². The zero-order valence-corrected chi connectivity index (χ0v) is 22.0. The van der Waals surface area contributed by atoms with Crippen LogP contribution < -0.4 is 26.0 Å². The predicted molar refractivity (Wildman–Crippen MR) is 150 cm³/mol. The fraction of sp³-hybridized carbons (Fsp3) is 0.310. The Morgan fingerprint density at radius 2 is 1.77 bits per heavy atom. The number of para-hydroxylation sites is 1. The summed E-state index contributed by atoms with van der Waals surface area (Å²) in [5, 5.41) is 6.46. The molecule has 2 saturated heterocycles. The van der Waals surface area contributed by atoms with Crippen LogP contribution in [0.2, 0.25) is 0 Å². The first-order chi connectivity index (χ1) is 19.5. The summed E-state index contributed by atoms with van der Waals surface area (Å²) in [6.07, 6.45) is 1.08. The van der Waals surface area contributed by atoms with E-state index in [1.807, 2.05) is 6.07 Å². The number of aromatic nitrogens is 1. The smallest absolute Gasteiger partial charge is 0.410 e. The topological polar surface area (TPSA) is 139 Å². The molecular formula is C29H32N6O5. The number of nitrogens with two attached hydrogens (primary N) is 1. The lowest BCUT2D eigenvalue weighted by Gasteiger charge is -2.33. The van der Waals surface area contributed by atoms with Crippen LogP contribution in [0.3, 0.4) is 0 Å². The zero-order valence-electron chi connectivity index (χ0n) is 22.0. The van der Waals surface area contributed by atoms with Gasteiger partial charge in [0.25, 0.3) is 11.8 Å². The first kappa shape index (κ1) is 27.1. The number of hydrogen-bond donors (Lipinski definition) is 3. The van der Waals surface area contributed by atoms with Crippen LogP contribution in [0.25, 0.3) is 0 Å². The van der Waals surface area contributed by atoms with Crippen molar-refractivity contribution in [3.63, 3.8) is 0 Å². The number of nitrogens with one attached hydrogen (secondary N) is 2. The van der Waals surface area contributed by atoms with Crippen molar-refractivity contribution in [2.45, 2.75) is 18.9 Å². The summed E-state index contributed by atoms with van der Waals surface area (Å²) in [6, 6.07) is 18.7. The molecule has 0 bridgehead atoms. The van der Waals surface area contributed by atoms with E-state index in [1.165, 1.54) is 4.90 Å². The SMILES string of the molecule is NC(=O)c1ccc(N(C(=O)Oc2ccccc2)[C@@H]2CCCNC2)nc1Nc1ccc(C(=O)N2CCOCC2)cc1. The summed E-state index contributed by atoms with van der Waals surface area (Å²) < 4.78 is 11.0. The number of rotatable bonds is 7. The van der Waals surface area contributed by atoms with Gasteiger partial charge in [-0.15, -0.1) is 0 Å². The first-order valence-corrected chi connectivity index (χ1v) is 13.3. The number of carbonyl (C=O) groups excluding carboxylic acids is 3. The van der Waals surface area contributed by atoms with E-state index in [-0.39, 0.29) is 23.3 Å². The molecule has 2 aromatic carbocycles. The lowest BCUT2D eigenvalue weighted by molar-refractivity contribution is 0.0303. The maximum Gasteiger partial charge on any atom is 0.421 e. The van der Waals surface area contributed by atoms with Crippen LogP contribution in [0, 0.1) is 0 Å². The Labute approximate surface area is 232 Å². The van der Waals surface area contributed by atoms with Gasteiger partial charge in [-0.25, -0.2) is 9.78 Å². The number of ether oxygens (including phenoxy) is 2. The van der Waals surface area contributed by atoms with Crippen LogP contribution >= 0.6 is 0 Å². The minimum atomic E-state index is -0.668. The lowest BCUT2D eigenvalue weighted by Crippen LogP contribution is -2.50. The molecule has 0 aliphatic carbocycles. The monoisotopic (exact) mass is 544 g/mol. The van der Waals surface area contributed by atoms with E-state index in [0.717, 1.165) is 19.4 Å². The number of morpholine rings is 1. The summed E-state index contributed by atoms with van der Waals surface area (Å²) in [5.74, 6) is 0.194. The van der Waals surface area contributed by atoms with Crippen molar-refractivity contribution in [2.24, 2.45) is 5.73 Å². The van der Waals surface area contributed by atoms with Gasteiger partial charge in [0, 0.05) is 30.9 Å². The van der Waals surface area contributed by atoms with E-state index in [4.69, 9.17) is 15.2 Å². The van der Waals surface area contributed by atoms with E-state index in [9.17, 15) is 14.4 Å². The van der Waals surface area contributed by atoms with E-state index in [0.29, 0.717) is 55.7 Å². The molecule has 11 nitrogen and oxygen atoms in total. The number of nitrogens with zero attached hydrogens (tertiary/aromatic N) is 3. The quantitative estimate of drug-likeness (QED) is 0.412. The van der Waals surface area contributed by atoms with Gasteiger partial charge in [-0.3, -0.25) is 14.5 Å². The van der Waals surface area contributed by atoms with Gasteiger partial charge in [0.1, 0.15) is 17.4 Å². The summed E-state index contributed by atoms with van der Waals surface area (Å²) in [6.45, 7) is 3.59. The van der Waals surface area contributed by atoms with Gasteiger partial charge in [-0.1, -0.05) is 18.2 Å². The standard InChI is InChI=1S/C29H32N6O5/c30-26(36)24-12-13-25(35(22-5-4-14-31-19-22)29(38)40-23-6-2-1-3-7-23)33-27(24)32-21-10-8-20(9-11-21)28(37)34-15-17-39-18-16-34/h1-3,6-13,22,31H,4-5,14-19H2,(H2,30,36)(H,32,33)/t22-/m1/s1. The van der Waals surface area contributed by atoms with Crippen molar-refractivity contribution in [1.82, 2.24) is 15.2 Å². The van der Waals surface area contributed by atoms with Gasteiger partial charge in [0.15, 0.2) is 0 Å². The fourth-order valence-corrected chi connectivity index (χ4v) is 4.78. The largest absolute Gasteiger partial charge is 0.421 e. The number of piperidine rings is 1. The third-order valence-corrected chi connectivity index (χ3v) is 6.87. The van der Waals surface area contributed by atoms with Crippen molar-refractivity contribution in [3.8, 4) is 5.75 Å². The molecule has 5 rings (SSSR count). The van der Waals surface area contributed by atoms with Gasteiger partial charge in [0.05, 0.1) is 24.8 Å². The molecule has 0 radical (unpaired) electrons. The molecule has 2 aliphatic rings. The zero-order chi connectivity index (χ0) is 27.9. The summed E-state index contributed by atoms with van der Waals surface area (Å²) in [5.41, 5.74) is 6.96. The highest BCUT2D eigenvalue weighted by molar-refractivity contribution is 5.99. The highest BCUT2D eigenvalue weighted by Crippen LogP contribution is 2.27. The van der Waals surface area contributed by atoms with Crippen molar-refractivity contribution in [2.75, 3.05) is 49.6 Å². The van der Waals surface area contributed by atoms with Gasteiger partial charge >= 0.3 is 6.09 Å². The normalized spacial score (nSPS) is 17.1. The molecule has 40 heavy (non-hydrogen) atoms. The maximum absolute atomic E-state index is 13.4. The second kappa shape index (κ2) is 12.6. The molecule has 3 amide bonds. The minimum absolute atomic E-state index is 0.0681. The van der Waals surface area contributed by atoms with Crippen LogP contribution in [-0.2, 0) is 4.74 Å². The van der Waals surface area contributed by atoms with Crippen LogP contribution in [-0.4, -0.2) is 73.2 Å². The van der Waals surface area contributed by atoms with Crippen LogP contribution in [0.4, 0.5) is 22.1 Å². The summed E-state index contributed by atoms with van der Waals surface area (Å²) >= 11 is 0. The third-order valence-electron chi connectivity index (χ3n) is 6.87. The van der Waals surface area contributed by atoms with Crippen molar-refractivity contribution >= 4 is 35.2 Å². The molecule has 2 aliphatic heterocycles. The number of carbonyl (C=O) groups is 3. The number of hydrogen-bond acceptors (Lipinski definition) is 8. The predicted octanol–water partition coefficient (Wildman–Crippen LogP) is 3.15. The Hall–Kier alpha value is -4.48. The Bertz CT molecular complexity index is 1340. The number of primary amides is 1. The third kappa shape index (κ3) is 6.38. The molecule has 208 valence electrons. The van der Waals surface area contributed by atoms with Gasteiger partial charge in [0.2, 0.25) is 0 Å². The summed E-state index contributed by atoms with van der Waals surface area (Å²) in [7, 11) is 0. The molecule has 1 atom stereocenters. The van der Waals surface area contributed by atoms with Crippen molar-refractivity contribution < 1.29 is 23.9 Å². The van der Waals surface area contributed by atoms with Gasteiger partial charge < -0.3 is 30.7 Å². The molecule has 0 saturated carbocycles. The van der Waals surface area contributed by atoms with Crippen LogP contribution in [0.1, 0.15) is 33.6 Å². The Balaban J connectivity index is 1.41. The maximum atomic E-state index is 13.4. The minimum Gasteiger partial charge on any atom is -0.410 e. The molecule has 2 fully saturated rings. The van der Waals surface area contributed by atoms with E-state index < -0.39 is 12.0 Å². The van der Waals surface area contributed by atoms with E-state index in [2.05, 4.69) is 15.6 Å². The molecule has 3 heterocycles. The van der Waals surface area contributed by atoms with E-state index >= 15 is 0 Å². The number of benzene rings is 2. The highest BCUT2D eigenvalue weighted by atomic mass is 16.6. The lowest BCUT2D eigenvalue weighted by atomic mass is 10.1. The molecule has 0 unspecified atom stereocenters. The summed E-state index contributed by atoms with van der Waals surface area (Å²) in [4.78, 5) is 46.4. The Morgan fingerprint density at radius 3 is 2.45 bits per heavy atom. The average Bonchev–Trinajstić information content (AvgIpc) is 2.99. The Morgan fingerprint density at radius 1 is 1.02 bits per heavy atom. The highest BCUT2D eigenvalue weighted by Gasteiger charge is 2.30. The van der Waals surface area contributed by atoms with Crippen molar-refractivity contribution in [3.05, 3.63) is 77.9 Å². The van der Waals surface area contributed by atoms with Gasteiger partial charge in [-0.2, -0.15) is 0 Å². The van der Waals surface area contributed by atoms with E-state index in [1.54, 1.807) is 65.6 Å². The number of pyridine rings is 1. The first-order valence-electron chi connectivity index (χ1n) is 13.3. The molecule has 11 heteroatoms.